The number of imidazole rings is 1. The summed E-state index contributed by atoms with van der Waals surface area (Å²) in [5.74, 6) is 4.65. The molecule has 0 aromatic carbocycles. The van der Waals surface area contributed by atoms with Crippen molar-refractivity contribution < 1.29 is 14.3 Å². The summed E-state index contributed by atoms with van der Waals surface area (Å²) >= 11 is 0. The third-order valence-corrected chi connectivity index (χ3v) is 3.07. The number of anilines is 2. The quantitative estimate of drug-likeness (QED) is 0.353. The number of rotatable bonds is 8. The van der Waals surface area contributed by atoms with Crippen LogP contribution in [0.25, 0.3) is 11.2 Å². The molecule has 0 atom stereocenters. The molecule has 10 nitrogen and oxygen atoms in total. The average molecular weight is 347 g/mol. The molecule has 0 spiro atoms. The molecule has 0 saturated heterocycles. The SMILES string of the molecule is CC#CC(=O)NNc1nc(N)nc2c1ncn2CC(OCC)OCC. The molecule has 0 bridgehead atoms. The van der Waals surface area contributed by atoms with Crippen molar-refractivity contribution in [2.75, 3.05) is 24.4 Å². The Balaban J connectivity index is 2.26. The molecule has 0 saturated carbocycles. The fraction of sp³-hybridized carbons (Fsp3) is 0.467. The lowest BCUT2D eigenvalue weighted by Crippen LogP contribution is -2.29. The Hall–Kier alpha value is -2.90. The number of nitrogens with two attached hydrogens (primary N) is 1. The van der Waals surface area contributed by atoms with Crippen LogP contribution in [0.3, 0.4) is 0 Å². The molecular weight excluding hydrogens is 326 g/mol. The number of carbonyl (C=O) groups excluding carboxylic acids is 1. The van der Waals surface area contributed by atoms with Gasteiger partial charge in [-0.2, -0.15) is 9.97 Å². The molecule has 4 N–H and O–H groups in total. The molecule has 134 valence electrons. The zero-order valence-electron chi connectivity index (χ0n) is 14.4. The van der Waals surface area contributed by atoms with E-state index in [0.717, 1.165) is 0 Å². The normalized spacial score (nSPS) is 10.6. The number of amides is 1. The van der Waals surface area contributed by atoms with Gasteiger partial charge < -0.3 is 19.8 Å². The highest BCUT2D eigenvalue weighted by molar-refractivity contribution is 5.95. The number of nitrogens with one attached hydrogen (secondary N) is 2. The molecule has 0 aliphatic heterocycles. The van der Waals surface area contributed by atoms with Crippen molar-refractivity contribution in [3.63, 3.8) is 0 Å². The Morgan fingerprint density at radius 1 is 1.36 bits per heavy atom. The van der Waals surface area contributed by atoms with Crippen LogP contribution in [0.5, 0.6) is 0 Å². The predicted octanol–water partition coefficient (Wildman–Crippen LogP) is 0.274. The predicted molar refractivity (Wildman–Crippen MR) is 92.0 cm³/mol. The van der Waals surface area contributed by atoms with E-state index in [1.54, 1.807) is 17.8 Å². The van der Waals surface area contributed by atoms with Crippen molar-refractivity contribution in [1.29, 1.82) is 0 Å². The van der Waals surface area contributed by atoms with Crippen LogP contribution in [-0.4, -0.2) is 44.9 Å². The molecule has 2 rings (SSSR count). The summed E-state index contributed by atoms with van der Waals surface area (Å²) in [5, 5.41) is 0. The monoisotopic (exact) mass is 347 g/mol. The van der Waals surface area contributed by atoms with Crippen molar-refractivity contribution in [3.05, 3.63) is 6.33 Å². The Morgan fingerprint density at radius 2 is 2.08 bits per heavy atom. The van der Waals surface area contributed by atoms with Crippen LogP contribution >= 0.6 is 0 Å². The molecule has 0 aliphatic rings. The highest BCUT2D eigenvalue weighted by atomic mass is 16.7. The minimum Gasteiger partial charge on any atom is -0.368 e. The Bertz CT molecular complexity index is 787. The summed E-state index contributed by atoms with van der Waals surface area (Å²) in [5.41, 5.74) is 11.8. The number of nitrogen functional groups attached to an aromatic ring is 1. The van der Waals surface area contributed by atoms with Gasteiger partial charge in [-0.05, 0) is 26.7 Å². The van der Waals surface area contributed by atoms with E-state index in [1.165, 1.54) is 0 Å². The Kier molecular flexibility index (Phi) is 6.50. The van der Waals surface area contributed by atoms with Gasteiger partial charge in [-0.1, -0.05) is 5.92 Å². The summed E-state index contributed by atoms with van der Waals surface area (Å²) in [6.07, 6.45) is 1.15. The average Bonchev–Trinajstić information content (AvgIpc) is 2.96. The first-order chi connectivity index (χ1) is 12.1. The maximum atomic E-state index is 11.5. The first-order valence-electron chi connectivity index (χ1n) is 7.79. The van der Waals surface area contributed by atoms with E-state index in [4.69, 9.17) is 15.2 Å². The van der Waals surface area contributed by atoms with E-state index in [2.05, 4.69) is 37.6 Å². The summed E-state index contributed by atoms with van der Waals surface area (Å²) in [6.45, 7) is 6.78. The summed E-state index contributed by atoms with van der Waals surface area (Å²) in [7, 11) is 0. The molecule has 2 heterocycles. The van der Waals surface area contributed by atoms with Crippen LogP contribution in [0.15, 0.2) is 6.33 Å². The van der Waals surface area contributed by atoms with Gasteiger partial charge in [0.25, 0.3) is 0 Å². The lowest BCUT2D eigenvalue weighted by molar-refractivity contribution is -0.143. The smallest absolute Gasteiger partial charge is 0.314 e. The van der Waals surface area contributed by atoms with Crippen LogP contribution in [0, 0.1) is 11.8 Å². The number of carbonyl (C=O) groups is 1. The first kappa shape index (κ1) is 18.4. The number of ether oxygens (including phenoxy) is 2. The Morgan fingerprint density at radius 3 is 2.72 bits per heavy atom. The van der Waals surface area contributed by atoms with Crippen molar-refractivity contribution in [2.24, 2.45) is 0 Å². The van der Waals surface area contributed by atoms with Crippen LogP contribution < -0.4 is 16.6 Å². The zero-order chi connectivity index (χ0) is 18.2. The van der Waals surface area contributed by atoms with Crippen molar-refractivity contribution in [3.8, 4) is 11.8 Å². The standard InChI is InChI=1S/C15H21N7O3/c1-4-7-10(23)20-21-13-12-14(19-15(16)18-13)22(9-17-12)8-11(24-5-2)25-6-3/h9,11H,5-6,8H2,1-3H3,(H,20,23)(H3,16,18,19,21). The van der Waals surface area contributed by atoms with Gasteiger partial charge >= 0.3 is 5.91 Å². The van der Waals surface area contributed by atoms with E-state index in [1.807, 2.05) is 13.8 Å². The maximum Gasteiger partial charge on any atom is 0.314 e. The molecule has 0 fully saturated rings. The van der Waals surface area contributed by atoms with Crippen LogP contribution in [-0.2, 0) is 20.8 Å². The summed E-state index contributed by atoms with van der Waals surface area (Å²) < 4.78 is 12.8. The maximum absolute atomic E-state index is 11.5. The number of hydrogen-bond donors (Lipinski definition) is 3. The zero-order valence-corrected chi connectivity index (χ0v) is 14.4. The van der Waals surface area contributed by atoms with E-state index in [9.17, 15) is 4.79 Å². The lowest BCUT2D eigenvalue weighted by atomic mass is 10.4. The van der Waals surface area contributed by atoms with Crippen molar-refractivity contribution >= 4 is 28.8 Å². The first-order valence-corrected chi connectivity index (χ1v) is 7.79. The third kappa shape index (κ3) is 4.79. The molecular formula is C15H21N7O3. The second kappa shape index (κ2) is 8.81. The van der Waals surface area contributed by atoms with Gasteiger partial charge in [0, 0.05) is 13.2 Å². The lowest BCUT2D eigenvalue weighted by Gasteiger charge is -2.17. The molecule has 0 radical (unpaired) electrons. The van der Waals surface area contributed by atoms with Crippen LogP contribution in [0.4, 0.5) is 11.8 Å². The van der Waals surface area contributed by atoms with Crippen molar-refractivity contribution in [1.82, 2.24) is 24.9 Å². The molecule has 25 heavy (non-hydrogen) atoms. The van der Waals surface area contributed by atoms with Gasteiger partial charge in [0.05, 0.1) is 12.9 Å². The second-order valence-corrected chi connectivity index (χ2v) is 4.79. The molecule has 2 aromatic rings. The third-order valence-electron chi connectivity index (χ3n) is 3.07. The van der Waals surface area contributed by atoms with Gasteiger partial charge in [-0.25, -0.2) is 4.98 Å². The van der Waals surface area contributed by atoms with Crippen molar-refractivity contribution in [2.45, 2.75) is 33.6 Å². The van der Waals surface area contributed by atoms with Crippen LogP contribution in [0.2, 0.25) is 0 Å². The molecule has 2 aromatic heterocycles. The molecule has 10 heteroatoms. The number of nitrogens with zero attached hydrogens (tertiary/aromatic N) is 4. The number of fused-ring (bicyclic) bond motifs is 1. The summed E-state index contributed by atoms with van der Waals surface area (Å²) in [6, 6.07) is 0. The highest BCUT2D eigenvalue weighted by Gasteiger charge is 2.16. The van der Waals surface area contributed by atoms with E-state index < -0.39 is 12.2 Å². The van der Waals surface area contributed by atoms with Gasteiger partial charge in [0.15, 0.2) is 23.3 Å². The van der Waals surface area contributed by atoms with Gasteiger partial charge in [-0.15, -0.1) is 0 Å². The largest absolute Gasteiger partial charge is 0.368 e. The van der Waals surface area contributed by atoms with Crippen LogP contribution in [0.1, 0.15) is 20.8 Å². The van der Waals surface area contributed by atoms with E-state index in [0.29, 0.717) is 30.9 Å². The minimum atomic E-state index is -0.500. The molecule has 0 aliphatic carbocycles. The summed E-state index contributed by atoms with van der Waals surface area (Å²) in [4.78, 5) is 24.0. The number of aromatic nitrogens is 4. The molecule has 0 unspecified atom stereocenters. The van der Waals surface area contributed by atoms with Gasteiger partial charge in [0.2, 0.25) is 5.95 Å². The fourth-order valence-corrected chi connectivity index (χ4v) is 2.13. The topological polar surface area (TPSA) is 129 Å². The van der Waals surface area contributed by atoms with E-state index >= 15 is 0 Å². The number of hydrogen-bond acceptors (Lipinski definition) is 8. The fourth-order valence-electron chi connectivity index (χ4n) is 2.13. The minimum absolute atomic E-state index is 0.0388. The molecule has 1 amide bonds. The van der Waals surface area contributed by atoms with E-state index in [-0.39, 0.29) is 11.8 Å². The van der Waals surface area contributed by atoms with Gasteiger partial charge in [-0.3, -0.25) is 15.6 Å². The number of hydrazine groups is 1. The second-order valence-electron chi connectivity index (χ2n) is 4.79. The highest BCUT2D eigenvalue weighted by Crippen LogP contribution is 2.19. The Labute approximate surface area is 145 Å². The van der Waals surface area contributed by atoms with Gasteiger partial charge in [0.1, 0.15) is 0 Å².